The molecule has 0 aliphatic heterocycles. The Balaban J connectivity index is 1.53. The lowest BCUT2D eigenvalue weighted by Gasteiger charge is -2.14. The van der Waals surface area contributed by atoms with Crippen molar-refractivity contribution in [2.45, 2.75) is 12.7 Å². The van der Waals surface area contributed by atoms with Gasteiger partial charge in [-0.2, -0.15) is 18.3 Å². The van der Waals surface area contributed by atoms with Gasteiger partial charge >= 0.3 is 6.18 Å². The minimum atomic E-state index is -4.63. The standard InChI is InChI=1S/C30H22ClF4N3O3/c1-37(40-2)29(39)19-5-3-6-23(15-19)41-22-13-10-18(11-14-22)28-24-7-4-8-25(30(33,34)35)27(24)36-38(28)17-20-9-12-21(31)16-26(20)32/h3-16H,17H2,1-2H3. The van der Waals surface area contributed by atoms with Gasteiger partial charge in [-0.25, -0.2) is 9.45 Å². The third kappa shape index (κ3) is 5.89. The predicted octanol–water partition coefficient (Wildman–Crippen LogP) is 7.99. The Hall–Kier alpha value is -4.41. The molecule has 41 heavy (non-hydrogen) atoms. The third-order valence-corrected chi connectivity index (χ3v) is 6.65. The van der Waals surface area contributed by atoms with Crippen LogP contribution in [0.15, 0.2) is 84.9 Å². The van der Waals surface area contributed by atoms with Crippen molar-refractivity contribution in [1.29, 1.82) is 0 Å². The summed E-state index contributed by atoms with van der Waals surface area (Å²) in [6.45, 7) is -0.126. The molecule has 0 saturated carbocycles. The van der Waals surface area contributed by atoms with Crippen LogP contribution in [0.4, 0.5) is 17.6 Å². The van der Waals surface area contributed by atoms with Gasteiger partial charge in [-0.3, -0.25) is 14.3 Å². The largest absolute Gasteiger partial charge is 0.457 e. The van der Waals surface area contributed by atoms with E-state index < -0.39 is 17.6 Å². The van der Waals surface area contributed by atoms with E-state index in [1.165, 1.54) is 37.0 Å². The van der Waals surface area contributed by atoms with Gasteiger partial charge in [-0.15, -0.1) is 0 Å². The van der Waals surface area contributed by atoms with Crippen molar-refractivity contribution in [3.63, 3.8) is 0 Å². The van der Waals surface area contributed by atoms with Gasteiger partial charge in [0.1, 0.15) is 22.8 Å². The summed E-state index contributed by atoms with van der Waals surface area (Å²) in [4.78, 5) is 17.3. The van der Waals surface area contributed by atoms with E-state index in [4.69, 9.17) is 21.2 Å². The number of halogens is 5. The van der Waals surface area contributed by atoms with Crippen molar-refractivity contribution in [1.82, 2.24) is 14.8 Å². The van der Waals surface area contributed by atoms with Gasteiger partial charge in [0.05, 0.1) is 24.9 Å². The number of hydrogen-bond acceptors (Lipinski definition) is 4. The summed E-state index contributed by atoms with van der Waals surface area (Å²) in [5, 5.41) is 5.82. The lowest BCUT2D eigenvalue weighted by atomic mass is 10.0. The second kappa shape index (κ2) is 11.2. The fraction of sp³-hybridized carbons (Fsp3) is 0.133. The molecule has 0 spiro atoms. The first-order valence-corrected chi connectivity index (χ1v) is 12.6. The molecule has 0 aliphatic carbocycles. The number of hydroxylamine groups is 2. The first-order valence-electron chi connectivity index (χ1n) is 12.3. The van der Waals surface area contributed by atoms with E-state index in [0.29, 0.717) is 28.3 Å². The summed E-state index contributed by atoms with van der Waals surface area (Å²) in [6, 6.07) is 21.1. The Morgan fingerprint density at radius 1 is 0.976 bits per heavy atom. The van der Waals surface area contributed by atoms with Crippen molar-refractivity contribution in [3.8, 4) is 22.8 Å². The first-order chi connectivity index (χ1) is 19.5. The number of hydrogen-bond donors (Lipinski definition) is 0. The van der Waals surface area contributed by atoms with Gasteiger partial charge < -0.3 is 4.74 Å². The molecule has 210 valence electrons. The van der Waals surface area contributed by atoms with Crippen molar-refractivity contribution < 1.29 is 31.9 Å². The zero-order chi connectivity index (χ0) is 29.3. The lowest BCUT2D eigenvalue weighted by Crippen LogP contribution is -2.25. The fourth-order valence-electron chi connectivity index (χ4n) is 4.39. The maximum atomic E-state index is 14.6. The van der Waals surface area contributed by atoms with E-state index in [1.54, 1.807) is 54.6 Å². The highest BCUT2D eigenvalue weighted by molar-refractivity contribution is 6.30. The second-order valence-corrected chi connectivity index (χ2v) is 9.52. The highest BCUT2D eigenvalue weighted by Gasteiger charge is 2.34. The van der Waals surface area contributed by atoms with Crippen LogP contribution < -0.4 is 4.74 Å². The molecule has 0 N–H and O–H groups in total. The molecule has 0 bridgehead atoms. The van der Waals surface area contributed by atoms with Gasteiger partial charge in [0.2, 0.25) is 0 Å². The van der Waals surface area contributed by atoms with Gasteiger partial charge in [-0.05, 0) is 60.7 Å². The highest BCUT2D eigenvalue weighted by Crippen LogP contribution is 2.39. The third-order valence-electron chi connectivity index (χ3n) is 6.41. The van der Waals surface area contributed by atoms with Crippen LogP contribution in [0.5, 0.6) is 11.5 Å². The van der Waals surface area contributed by atoms with Crippen LogP contribution in [-0.2, 0) is 17.6 Å². The van der Waals surface area contributed by atoms with Crippen molar-refractivity contribution in [2.75, 3.05) is 14.2 Å². The van der Waals surface area contributed by atoms with Crippen LogP contribution in [0.3, 0.4) is 0 Å². The minimum Gasteiger partial charge on any atom is -0.457 e. The van der Waals surface area contributed by atoms with Crippen molar-refractivity contribution in [2.24, 2.45) is 0 Å². The number of nitrogens with zero attached hydrogens (tertiary/aromatic N) is 3. The zero-order valence-corrected chi connectivity index (χ0v) is 22.5. The SMILES string of the molecule is CON(C)C(=O)c1cccc(Oc2ccc(-c3c4cccc(C(F)(F)F)c4nn3Cc3ccc(Cl)cc3F)cc2)c1. The van der Waals surface area contributed by atoms with Gasteiger partial charge in [-0.1, -0.05) is 35.9 Å². The smallest absolute Gasteiger partial charge is 0.418 e. The Labute approximate surface area is 237 Å². The number of benzene rings is 4. The summed E-state index contributed by atoms with van der Waals surface area (Å²) < 4.78 is 63.4. The van der Waals surface area contributed by atoms with Crippen molar-refractivity contribution in [3.05, 3.63) is 112 Å². The number of aromatic nitrogens is 2. The van der Waals surface area contributed by atoms with Crippen molar-refractivity contribution >= 4 is 28.4 Å². The lowest BCUT2D eigenvalue weighted by molar-refractivity contribution is -0.136. The molecule has 5 aromatic rings. The molecule has 5 rings (SSSR count). The summed E-state index contributed by atoms with van der Waals surface area (Å²) in [5.41, 5.74) is 0.355. The molecule has 0 radical (unpaired) electrons. The van der Waals surface area contributed by atoms with Crippen LogP contribution in [0, 0.1) is 5.82 Å². The van der Waals surface area contributed by atoms with E-state index in [0.717, 1.165) is 17.2 Å². The molecule has 1 heterocycles. The Morgan fingerprint density at radius 3 is 2.39 bits per heavy atom. The summed E-state index contributed by atoms with van der Waals surface area (Å²) in [6.07, 6.45) is -4.63. The number of amides is 1. The zero-order valence-electron chi connectivity index (χ0n) is 21.7. The van der Waals surface area contributed by atoms with Crippen LogP contribution in [0.1, 0.15) is 21.5 Å². The van der Waals surface area contributed by atoms with Crippen LogP contribution >= 0.6 is 11.6 Å². The Morgan fingerprint density at radius 2 is 1.71 bits per heavy atom. The number of alkyl halides is 3. The van der Waals surface area contributed by atoms with Gasteiger partial charge in [0.25, 0.3) is 5.91 Å². The molecule has 1 aromatic heterocycles. The molecule has 4 aromatic carbocycles. The normalized spacial score (nSPS) is 11.6. The molecule has 6 nitrogen and oxygen atoms in total. The molecule has 1 amide bonds. The number of rotatable bonds is 7. The average molecular weight is 584 g/mol. The van der Waals surface area contributed by atoms with E-state index in [9.17, 15) is 22.4 Å². The molecule has 0 atom stereocenters. The predicted molar refractivity (Wildman–Crippen MR) is 146 cm³/mol. The van der Waals surface area contributed by atoms with Crippen LogP contribution in [-0.4, -0.2) is 34.9 Å². The highest BCUT2D eigenvalue weighted by atomic mass is 35.5. The maximum absolute atomic E-state index is 14.6. The number of carbonyl (C=O) groups is 1. The first kappa shape index (κ1) is 28.1. The number of carbonyl (C=O) groups excluding carboxylic acids is 1. The number of ether oxygens (including phenoxy) is 1. The maximum Gasteiger partial charge on any atom is 0.418 e. The quantitative estimate of drug-likeness (QED) is 0.144. The molecule has 11 heteroatoms. The topological polar surface area (TPSA) is 56.6 Å². The van der Waals surface area contributed by atoms with Gasteiger partial charge in [0.15, 0.2) is 0 Å². The minimum absolute atomic E-state index is 0.126. The van der Waals surface area contributed by atoms with Gasteiger partial charge in [0, 0.05) is 34.1 Å². The fourth-order valence-corrected chi connectivity index (χ4v) is 4.54. The monoisotopic (exact) mass is 583 g/mol. The van der Waals surface area contributed by atoms with E-state index in [1.807, 2.05) is 0 Å². The Kier molecular flexibility index (Phi) is 7.70. The van der Waals surface area contributed by atoms with Crippen LogP contribution in [0.2, 0.25) is 5.02 Å². The summed E-state index contributed by atoms with van der Waals surface area (Å²) in [7, 11) is 2.87. The molecule has 0 unspecified atom stereocenters. The van der Waals surface area contributed by atoms with E-state index in [2.05, 4.69) is 5.10 Å². The van der Waals surface area contributed by atoms with E-state index in [-0.39, 0.29) is 33.9 Å². The summed E-state index contributed by atoms with van der Waals surface area (Å²) >= 11 is 5.88. The molecular formula is C30H22ClF4N3O3. The molecule has 0 fully saturated rings. The summed E-state index contributed by atoms with van der Waals surface area (Å²) in [5.74, 6) is -0.130. The number of fused-ring (bicyclic) bond motifs is 1. The molecule has 0 saturated heterocycles. The average Bonchev–Trinajstić information content (AvgIpc) is 3.31. The Bertz CT molecular complexity index is 1740. The molecular weight excluding hydrogens is 562 g/mol. The van der Waals surface area contributed by atoms with Crippen LogP contribution in [0.25, 0.3) is 22.2 Å². The van der Waals surface area contributed by atoms with E-state index >= 15 is 0 Å². The molecule has 0 aliphatic rings. The second-order valence-electron chi connectivity index (χ2n) is 9.08.